The maximum atomic E-state index is 13.1. The fourth-order valence-corrected chi connectivity index (χ4v) is 4.72. The number of amides is 4. The zero-order valence-corrected chi connectivity index (χ0v) is 18.2. The molecular weight excluding hydrogens is 366 g/mol. The van der Waals surface area contributed by atoms with Crippen molar-refractivity contribution in [2.75, 3.05) is 6.54 Å². The summed E-state index contributed by atoms with van der Waals surface area (Å²) in [5, 5.41) is 5.81. The van der Waals surface area contributed by atoms with Crippen LogP contribution in [0.3, 0.4) is 0 Å². The molecule has 1 aromatic rings. The van der Waals surface area contributed by atoms with E-state index in [-0.39, 0.29) is 29.8 Å². The second kappa shape index (κ2) is 7.81. The molecule has 1 heterocycles. The summed E-state index contributed by atoms with van der Waals surface area (Å²) in [4.78, 5) is 39.2. The van der Waals surface area contributed by atoms with Gasteiger partial charge in [-0.2, -0.15) is 0 Å². The summed E-state index contributed by atoms with van der Waals surface area (Å²) in [6.45, 7) is 10.3. The number of urea groups is 1. The molecule has 1 atom stereocenters. The molecule has 6 heteroatoms. The lowest BCUT2D eigenvalue weighted by Crippen LogP contribution is -2.51. The van der Waals surface area contributed by atoms with E-state index in [1.165, 1.54) is 0 Å². The molecule has 158 valence electrons. The molecule has 0 bridgehead atoms. The lowest BCUT2D eigenvalue weighted by molar-refractivity contribution is -0.136. The van der Waals surface area contributed by atoms with Gasteiger partial charge in [0, 0.05) is 0 Å². The number of benzene rings is 1. The largest absolute Gasteiger partial charge is 0.348 e. The molecule has 4 amide bonds. The van der Waals surface area contributed by atoms with Gasteiger partial charge in [0.1, 0.15) is 12.1 Å². The fourth-order valence-electron chi connectivity index (χ4n) is 4.72. The van der Waals surface area contributed by atoms with Gasteiger partial charge in [0.15, 0.2) is 0 Å². The van der Waals surface area contributed by atoms with Crippen LogP contribution in [0, 0.1) is 18.3 Å². The van der Waals surface area contributed by atoms with Crippen molar-refractivity contribution < 1.29 is 14.4 Å². The van der Waals surface area contributed by atoms with Crippen LogP contribution < -0.4 is 10.6 Å². The standard InChI is InChI=1S/C23H33N3O3/c1-15-8-6-7-9-18(15)16(2)24-19(27)14-26-20(28)23(25-21(26)29)12-10-17(11-13-23)22(3,4)5/h6-9,16-17H,10-14H2,1-5H3,(H,24,27)(H,25,29). The van der Waals surface area contributed by atoms with Crippen LogP contribution in [0.15, 0.2) is 24.3 Å². The zero-order valence-electron chi connectivity index (χ0n) is 18.2. The summed E-state index contributed by atoms with van der Waals surface area (Å²) in [7, 11) is 0. The quantitative estimate of drug-likeness (QED) is 0.758. The molecular formula is C23H33N3O3. The first kappa shape index (κ1) is 21.3. The first-order chi connectivity index (χ1) is 13.5. The average molecular weight is 400 g/mol. The summed E-state index contributed by atoms with van der Waals surface area (Å²) in [6.07, 6.45) is 3.08. The van der Waals surface area contributed by atoms with Crippen molar-refractivity contribution in [3.63, 3.8) is 0 Å². The normalized spacial score (nSPS) is 25.8. The van der Waals surface area contributed by atoms with Gasteiger partial charge in [-0.25, -0.2) is 4.79 Å². The van der Waals surface area contributed by atoms with Gasteiger partial charge in [-0.05, 0) is 62.0 Å². The number of carbonyl (C=O) groups excluding carboxylic acids is 3. The molecule has 1 spiro atoms. The van der Waals surface area contributed by atoms with Crippen LogP contribution in [-0.4, -0.2) is 34.8 Å². The number of carbonyl (C=O) groups is 3. The molecule has 0 radical (unpaired) electrons. The number of nitrogens with one attached hydrogen (secondary N) is 2. The molecule has 2 aliphatic rings. The minimum atomic E-state index is -0.833. The highest BCUT2D eigenvalue weighted by atomic mass is 16.2. The fraction of sp³-hybridized carbons (Fsp3) is 0.609. The van der Waals surface area contributed by atoms with E-state index in [9.17, 15) is 14.4 Å². The van der Waals surface area contributed by atoms with Crippen LogP contribution in [0.25, 0.3) is 0 Å². The minimum Gasteiger partial charge on any atom is -0.348 e. The van der Waals surface area contributed by atoms with Crippen LogP contribution in [0.4, 0.5) is 4.79 Å². The van der Waals surface area contributed by atoms with Gasteiger partial charge in [0.05, 0.1) is 6.04 Å². The van der Waals surface area contributed by atoms with E-state index in [0.29, 0.717) is 18.8 Å². The van der Waals surface area contributed by atoms with Gasteiger partial charge in [0.2, 0.25) is 5.91 Å². The van der Waals surface area contributed by atoms with Crippen molar-refractivity contribution in [1.29, 1.82) is 0 Å². The van der Waals surface area contributed by atoms with E-state index in [1.807, 2.05) is 38.1 Å². The summed E-state index contributed by atoms with van der Waals surface area (Å²) >= 11 is 0. The Hall–Kier alpha value is -2.37. The molecule has 2 N–H and O–H groups in total. The Balaban J connectivity index is 1.62. The Labute approximate surface area is 173 Å². The second-order valence-corrected chi connectivity index (χ2v) is 9.69. The lowest BCUT2D eigenvalue weighted by Gasteiger charge is -2.40. The number of aryl methyl sites for hydroxylation is 1. The molecule has 29 heavy (non-hydrogen) atoms. The van der Waals surface area contributed by atoms with Crippen molar-refractivity contribution in [3.8, 4) is 0 Å². The Morgan fingerprint density at radius 2 is 1.86 bits per heavy atom. The molecule has 2 fully saturated rings. The van der Waals surface area contributed by atoms with Gasteiger partial charge in [-0.15, -0.1) is 0 Å². The third-order valence-corrected chi connectivity index (χ3v) is 6.64. The predicted molar refractivity (Wildman–Crippen MR) is 112 cm³/mol. The smallest absolute Gasteiger partial charge is 0.325 e. The van der Waals surface area contributed by atoms with Crippen LogP contribution in [0.5, 0.6) is 0 Å². The van der Waals surface area contributed by atoms with Crippen LogP contribution in [0.2, 0.25) is 0 Å². The maximum Gasteiger partial charge on any atom is 0.325 e. The monoisotopic (exact) mass is 399 g/mol. The number of imide groups is 1. The minimum absolute atomic E-state index is 0.193. The van der Waals surface area contributed by atoms with E-state index in [0.717, 1.165) is 28.9 Å². The van der Waals surface area contributed by atoms with Crippen molar-refractivity contribution in [2.45, 2.75) is 71.9 Å². The highest BCUT2D eigenvalue weighted by Gasteiger charge is 2.53. The summed E-state index contributed by atoms with van der Waals surface area (Å²) in [5.41, 5.74) is 1.47. The number of hydrogen-bond acceptors (Lipinski definition) is 3. The van der Waals surface area contributed by atoms with E-state index in [1.54, 1.807) is 0 Å². The van der Waals surface area contributed by atoms with E-state index < -0.39 is 11.6 Å². The van der Waals surface area contributed by atoms with Gasteiger partial charge in [-0.3, -0.25) is 14.5 Å². The van der Waals surface area contributed by atoms with Crippen molar-refractivity contribution in [3.05, 3.63) is 35.4 Å². The predicted octanol–water partition coefficient (Wildman–Crippen LogP) is 3.70. The Bertz CT molecular complexity index is 804. The van der Waals surface area contributed by atoms with Gasteiger partial charge in [0.25, 0.3) is 5.91 Å². The Morgan fingerprint density at radius 1 is 1.24 bits per heavy atom. The molecule has 1 aliphatic heterocycles. The molecule has 0 aromatic heterocycles. The second-order valence-electron chi connectivity index (χ2n) is 9.69. The van der Waals surface area contributed by atoms with Gasteiger partial charge < -0.3 is 10.6 Å². The topological polar surface area (TPSA) is 78.5 Å². The summed E-state index contributed by atoms with van der Waals surface area (Å²) in [5.74, 6) is -0.0524. The first-order valence-electron chi connectivity index (χ1n) is 10.5. The molecule has 1 unspecified atom stereocenters. The van der Waals surface area contributed by atoms with Crippen LogP contribution in [0.1, 0.15) is 70.5 Å². The number of hydrogen-bond donors (Lipinski definition) is 2. The van der Waals surface area contributed by atoms with Crippen molar-refractivity contribution in [1.82, 2.24) is 15.5 Å². The first-order valence-corrected chi connectivity index (χ1v) is 10.5. The average Bonchev–Trinajstić information content (AvgIpc) is 2.85. The highest BCUT2D eigenvalue weighted by molar-refractivity contribution is 6.09. The molecule has 1 saturated heterocycles. The molecule has 3 rings (SSSR count). The van der Waals surface area contributed by atoms with E-state index >= 15 is 0 Å². The summed E-state index contributed by atoms with van der Waals surface area (Å²) < 4.78 is 0. The summed E-state index contributed by atoms with van der Waals surface area (Å²) in [6, 6.07) is 7.20. The third-order valence-electron chi connectivity index (χ3n) is 6.64. The van der Waals surface area contributed by atoms with E-state index in [2.05, 4.69) is 31.4 Å². The van der Waals surface area contributed by atoms with Crippen LogP contribution in [-0.2, 0) is 9.59 Å². The third kappa shape index (κ3) is 4.31. The molecule has 1 aromatic carbocycles. The number of nitrogens with zero attached hydrogens (tertiary/aromatic N) is 1. The highest BCUT2D eigenvalue weighted by Crippen LogP contribution is 2.43. The number of rotatable bonds is 4. The SMILES string of the molecule is Cc1ccccc1C(C)NC(=O)CN1C(=O)NC2(CCC(C(C)(C)C)CC2)C1=O. The van der Waals surface area contributed by atoms with Crippen molar-refractivity contribution >= 4 is 17.8 Å². The van der Waals surface area contributed by atoms with Gasteiger partial charge in [-0.1, -0.05) is 45.0 Å². The Morgan fingerprint density at radius 3 is 2.45 bits per heavy atom. The van der Waals surface area contributed by atoms with Crippen molar-refractivity contribution in [2.24, 2.45) is 11.3 Å². The van der Waals surface area contributed by atoms with E-state index in [4.69, 9.17) is 0 Å². The maximum absolute atomic E-state index is 13.1. The molecule has 1 saturated carbocycles. The van der Waals surface area contributed by atoms with Gasteiger partial charge >= 0.3 is 6.03 Å². The molecule has 1 aliphatic carbocycles. The lowest BCUT2D eigenvalue weighted by atomic mass is 9.67. The zero-order chi connectivity index (χ0) is 21.4. The molecule has 6 nitrogen and oxygen atoms in total. The Kier molecular flexibility index (Phi) is 5.74. The van der Waals surface area contributed by atoms with Crippen LogP contribution >= 0.6 is 0 Å².